The summed E-state index contributed by atoms with van der Waals surface area (Å²) in [7, 11) is 0. The molecule has 0 atom stereocenters. The van der Waals surface area contributed by atoms with Gasteiger partial charge in [-0.15, -0.1) is 0 Å². The van der Waals surface area contributed by atoms with Crippen LogP contribution < -0.4 is 9.80 Å². The third-order valence-corrected chi connectivity index (χ3v) is 16.7. The Hall–Kier alpha value is -8.98. The molecule has 0 heterocycles. The summed E-state index contributed by atoms with van der Waals surface area (Å²) in [6, 6.07) is 104. The molecule has 11 rings (SSSR count). The highest BCUT2D eigenvalue weighted by Crippen LogP contribution is 2.50. The van der Waals surface area contributed by atoms with Gasteiger partial charge in [0.2, 0.25) is 0 Å². The lowest BCUT2D eigenvalue weighted by Gasteiger charge is -2.33. The van der Waals surface area contributed by atoms with E-state index in [-0.39, 0.29) is 0 Å². The van der Waals surface area contributed by atoms with Crippen molar-refractivity contribution in [1.82, 2.24) is 0 Å². The molecule has 0 unspecified atom stereocenters. The first kappa shape index (κ1) is 56.9. The van der Waals surface area contributed by atoms with Crippen LogP contribution in [0.5, 0.6) is 0 Å². The summed E-state index contributed by atoms with van der Waals surface area (Å²) < 4.78 is 0. The maximum Gasteiger partial charge on any atom is 0.0561 e. The van der Waals surface area contributed by atoms with Crippen LogP contribution in [0, 0.1) is 0 Å². The minimum atomic E-state index is 1.08. The van der Waals surface area contributed by atoms with E-state index < -0.39 is 0 Å². The van der Waals surface area contributed by atoms with Crippen LogP contribution in [0.4, 0.5) is 34.1 Å². The second-order valence-electron chi connectivity index (χ2n) is 22.6. The maximum atomic E-state index is 2.50. The van der Waals surface area contributed by atoms with Crippen LogP contribution in [0.2, 0.25) is 0 Å². The van der Waals surface area contributed by atoms with E-state index >= 15 is 0 Å². The number of unbranched alkanes of at least 4 members (excludes halogenated alkanes) is 10. The average Bonchev–Trinajstić information content (AvgIpc) is 3.51. The number of hydrogen-bond donors (Lipinski definition) is 0. The van der Waals surface area contributed by atoms with Crippen LogP contribution in [0.25, 0.3) is 66.8 Å². The van der Waals surface area contributed by atoms with Gasteiger partial charge in [-0.1, -0.05) is 296 Å². The molecule has 0 bridgehead atoms. The van der Waals surface area contributed by atoms with Gasteiger partial charge in [-0.3, -0.25) is 0 Å². The van der Waals surface area contributed by atoms with Gasteiger partial charge >= 0.3 is 0 Å². The smallest absolute Gasteiger partial charge is 0.0561 e. The molecular weight excluding hydrogens is 1010 g/mol. The fourth-order valence-corrected chi connectivity index (χ4v) is 11.9. The van der Waals surface area contributed by atoms with Crippen molar-refractivity contribution in [1.29, 1.82) is 0 Å². The highest BCUT2D eigenvalue weighted by Gasteiger charge is 2.26. The molecule has 0 aromatic heterocycles. The number of rotatable bonds is 26. The van der Waals surface area contributed by atoms with E-state index in [1.165, 1.54) is 144 Å². The van der Waals surface area contributed by atoms with Gasteiger partial charge in [-0.25, -0.2) is 0 Å². The van der Waals surface area contributed by atoms with Crippen molar-refractivity contribution in [3.05, 3.63) is 290 Å². The van der Waals surface area contributed by atoms with E-state index in [9.17, 15) is 0 Å². The number of hydrogen-bond acceptors (Lipinski definition) is 2. The Labute approximate surface area is 501 Å². The van der Waals surface area contributed by atoms with Gasteiger partial charge in [0, 0.05) is 33.9 Å². The van der Waals surface area contributed by atoms with Gasteiger partial charge in [0.15, 0.2) is 0 Å². The molecule has 11 aromatic rings. The lowest BCUT2D eigenvalue weighted by atomic mass is 9.92. The molecule has 0 fully saturated rings. The van der Waals surface area contributed by atoms with Gasteiger partial charge in [-0.2, -0.15) is 0 Å². The lowest BCUT2D eigenvalue weighted by Crippen LogP contribution is -2.15. The van der Waals surface area contributed by atoms with E-state index in [2.05, 4.69) is 303 Å². The minimum absolute atomic E-state index is 1.08. The largest absolute Gasteiger partial charge is 0.310 e. The van der Waals surface area contributed by atoms with Gasteiger partial charge in [-0.05, 0) is 153 Å². The quantitative estimate of drug-likeness (QED) is 0.0499. The zero-order valence-corrected chi connectivity index (χ0v) is 49.4. The molecule has 418 valence electrons. The molecule has 0 N–H and O–H groups in total. The third-order valence-electron chi connectivity index (χ3n) is 16.7. The Morgan fingerprint density at radius 3 is 0.726 bits per heavy atom. The SMILES string of the molecule is CCCCCCCCc1ccc(-c2cc(-c3ccc(CCCCCCCC)cc3)c(N(c3ccc(-c4ccccc4)cc3)c3ccc(-c4ccccc4)cc3)cc2N(c2ccc(-c3ccccc3)cc2)c2ccc(-c3ccccc3)cc2)cc1. The number of aryl methyl sites for hydroxylation is 2. The normalized spacial score (nSPS) is 11.2. The van der Waals surface area contributed by atoms with Crippen molar-refractivity contribution in [2.45, 2.75) is 104 Å². The third kappa shape index (κ3) is 14.3. The van der Waals surface area contributed by atoms with Crippen LogP contribution in [-0.2, 0) is 12.8 Å². The molecule has 84 heavy (non-hydrogen) atoms. The zero-order valence-electron chi connectivity index (χ0n) is 49.4. The van der Waals surface area contributed by atoms with Crippen molar-refractivity contribution in [3.63, 3.8) is 0 Å². The summed E-state index contributed by atoms with van der Waals surface area (Å²) in [6.45, 7) is 4.59. The van der Waals surface area contributed by atoms with Crippen LogP contribution >= 0.6 is 0 Å². The van der Waals surface area contributed by atoms with Gasteiger partial charge < -0.3 is 9.80 Å². The molecular formula is C82H80N2. The minimum Gasteiger partial charge on any atom is -0.310 e. The van der Waals surface area contributed by atoms with Crippen molar-refractivity contribution >= 4 is 34.1 Å². The molecule has 2 nitrogen and oxygen atoms in total. The van der Waals surface area contributed by atoms with Crippen LogP contribution in [0.3, 0.4) is 0 Å². The van der Waals surface area contributed by atoms with Crippen LogP contribution in [0.1, 0.15) is 102 Å². The second kappa shape index (κ2) is 28.8. The van der Waals surface area contributed by atoms with Crippen molar-refractivity contribution in [3.8, 4) is 66.8 Å². The monoisotopic (exact) mass is 1090 g/mol. The van der Waals surface area contributed by atoms with Gasteiger partial charge in [0.05, 0.1) is 11.4 Å². The maximum absolute atomic E-state index is 2.50. The fraction of sp³-hybridized carbons (Fsp3) is 0.195. The van der Waals surface area contributed by atoms with Gasteiger partial charge in [0.25, 0.3) is 0 Å². The molecule has 0 saturated carbocycles. The molecule has 2 heteroatoms. The first-order chi connectivity index (χ1) is 41.6. The molecule has 0 aliphatic heterocycles. The summed E-state index contributed by atoms with van der Waals surface area (Å²) in [5.74, 6) is 0. The fourth-order valence-electron chi connectivity index (χ4n) is 11.9. The van der Waals surface area contributed by atoms with Crippen molar-refractivity contribution in [2.75, 3.05) is 9.80 Å². The van der Waals surface area contributed by atoms with E-state index in [0.29, 0.717) is 0 Å². The van der Waals surface area contributed by atoms with E-state index in [4.69, 9.17) is 0 Å². The molecule has 0 spiro atoms. The molecule has 0 radical (unpaired) electrons. The molecule has 11 aromatic carbocycles. The topological polar surface area (TPSA) is 6.48 Å². The summed E-state index contributed by atoms with van der Waals surface area (Å²) in [5.41, 5.74) is 23.5. The molecule has 0 amide bonds. The summed E-state index contributed by atoms with van der Waals surface area (Å²) in [4.78, 5) is 4.99. The average molecular weight is 1090 g/mol. The highest BCUT2D eigenvalue weighted by molar-refractivity contribution is 5.99. The summed E-state index contributed by atoms with van der Waals surface area (Å²) in [5, 5.41) is 0. The number of anilines is 6. The van der Waals surface area contributed by atoms with Crippen molar-refractivity contribution < 1.29 is 0 Å². The predicted octanol–water partition coefficient (Wildman–Crippen LogP) is 24.4. The Morgan fingerprint density at radius 1 is 0.214 bits per heavy atom. The van der Waals surface area contributed by atoms with Gasteiger partial charge in [0.1, 0.15) is 0 Å². The lowest BCUT2D eigenvalue weighted by molar-refractivity contribution is 0.607. The molecule has 0 aliphatic rings. The summed E-state index contributed by atoms with van der Waals surface area (Å²) >= 11 is 0. The standard InChI is InChI=1S/C82H80N2/c1-3-5-7-9-11-17-27-63-37-41-73(42-38-63)79-61-80(74-43-39-64(40-44-74)28-18-12-10-8-6-4-2)82(84(77-57-49-71(50-58-77)67-33-23-15-24-34-67)78-59-51-72(52-60-78)68-35-25-16-26-36-68)62-81(79)83(75-53-45-69(46-54-75)65-29-19-13-20-30-65)76-55-47-70(48-56-76)66-31-21-14-22-32-66/h13-16,19-26,29-62H,3-12,17-18,27-28H2,1-2H3. The number of nitrogens with zero attached hydrogens (tertiary/aromatic N) is 2. The highest BCUT2D eigenvalue weighted by atomic mass is 15.2. The zero-order chi connectivity index (χ0) is 57.1. The summed E-state index contributed by atoms with van der Waals surface area (Å²) in [6.07, 6.45) is 17.6. The molecule has 0 saturated heterocycles. The van der Waals surface area contributed by atoms with Crippen LogP contribution in [-0.4, -0.2) is 0 Å². The Bertz CT molecular complexity index is 3310. The number of benzene rings is 11. The first-order valence-electron chi connectivity index (χ1n) is 31.2. The second-order valence-corrected chi connectivity index (χ2v) is 22.6. The Morgan fingerprint density at radius 2 is 0.452 bits per heavy atom. The van der Waals surface area contributed by atoms with Crippen LogP contribution in [0.15, 0.2) is 279 Å². The van der Waals surface area contributed by atoms with Crippen molar-refractivity contribution in [2.24, 2.45) is 0 Å². The van der Waals surface area contributed by atoms with E-state index in [0.717, 1.165) is 58.1 Å². The Balaban J connectivity index is 1.13. The predicted molar refractivity (Wildman–Crippen MR) is 363 cm³/mol. The van der Waals surface area contributed by atoms with E-state index in [1.807, 2.05) is 0 Å². The molecule has 0 aliphatic carbocycles. The Kier molecular flexibility index (Phi) is 19.5. The van der Waals surface area contributed by atoms with E-state index in [1.54, 1.807) is 0 Å². The first-order valence-corrected chi connectivity index (χ1v) is 31.2.